The third-order valence-electron chi connectivity index (χ3n) is 7.73. The number of aromatic nitrogens is 6. The zero-order chi connectivity index (χ0) is 27.7. The van der Waals surface area contributed by atoms with Crippen molar-refractivity contribution in [2.24, 2.45) is 0 Å². The van der Waals surface area contributed by atoms with Gasteiger partial charge in [-0.3, -0.25) is 18.8 Å². The number of amides is 1. The maximum atomic E-state index is 13.3. The minimum atomic E-state index is -1.10. The molecule has 10 nitrogen and oxygen atoms in total. The normalized spacial score (nSPS) is 15.8. The van der Waals surface area contributed by atoms with Gasteiger partial charge in [0, 0.05) is 31.9 Å². The monoisotopic (exact) mass is 537 g/mol. The van der Waals surface area contributed by atoms with E-state index in [0.717, 1.165) is 16.8 Å². The zero-order valence-corrected chi connectivity index (χ0v) is 22.3. The number of aliphatic hydroxyl groups is 1. The second-order valence-electron chi connectivity index (χ2n) is 10.5. The van der Waals surface area contributed by atoms with Crippen molar-refractivity contribution in [1.82, 2.24) is 34.0 Å². The van der Waals surface area contributed by atoms with Crippen LogP contribution in [0.5, 0.6) is 0 Å². The highest BCUT2D eigenvalue weighted by Gasteiger charge is 2.35. The molecule has 1 atom stereocenters. The first-order valence-electron chi connectivity index (χ1n) is 13.5. The Bertz CT molecular complexity index is 1670. The number of hydrogen-bond donors (Lipinski definition) is 1. The van der Waals surface area contributed by atoms with Gasteiger partial charge in [-0.1, -0.05) is 42.5 Å². The van der Waals surface area contributed by atoms with E-state index in [1.165, 1.54) is 17.1 Å². The Labute approximate surface area is 231 Å². The topological polar surface area (TPSA) is 111 Å². The molecule has 1 amide bonds. The first-order valence-corrected chi connectivity index (χ1v) is 13.5. The molecular formula is C30H31N7O3. The molecule has 0 bridgehead atoms. The first-order chi connectivity index (χ1) is 19.4. The molecule has 1 N–H and O–H groups in total. The lowest BCUT2D eigenvalue weighted by atomic mass is 9.91. The van der Waals surface area contributed by atoms with Gasteiger partial charge in [0.15, 0.2) is 5.65 Å². The summed E-state index contributed by atoms with van der Waals surface area (Å²) in [6.07, 6.45) is 7.66. The Hall–Kier alpha value is -4.57. The third kappa shape index (κ3) is 5.05. The standard InChI is InChI=1S/C30H31N7O3/c1-22(36-15-5-14-32-36)18-27(38)34-16-12-30(40,13-17-34)20-35-21-31-28-26(29(35)39)19-33-37(28)25-10-8-24(9-11-25)23-6-3-2-4-7-23/h2-11,14-15,19,21-22,40H,12-13,16-18,20H2,1H3/t22-/m0/s1. The van der Waals surface area contributed by atoms with Crippen LogP contribution in [0.1, 0.15) is 32.2 Å². The summed E-state index contributed by atoms with van der Waals surface area (Å²) in [7, 11) is 0. The number of rotatable bonds is 7. The maximum Gasteiger partial charge on any atom is 0.264 e. The zero-order valence-electron chi connectivity index (χ0n) is 22.3. The number of likely N-dealkylation sites (tertiary alicyclic amines) is 1. The predicted molar refractivity (Wildman–Crippen MR) is 151 cm³/mol. The van der Waals surface area contributed by atoms with Crippen LogP contribution in [0.3, 0.4) is 0 Å². The van der Waals surface area contributed by atoms with E-state index < -0.39 is 5.60 Å². The summed E-state index contributed by atoms with van der Waals surface area (Å²) >= 11 is 0. The predicted octanol–water partition coefficient (Wildman–Crippen LogP) is 3.45. The molecule has 0 radical (unpaired) electrons. The van der Waals surface area contributed by atoms with Crippen LogP contribution in [0, 0.1) is 0 Å². The van der Waals surface area contributed by atoms with E-state index in [2.05, 4.69) is 27.3 Å². The number of hydrogen-bond acceptors (Lipinski definition) is 6. The summed E-state index contributed by atoms with van der Waals surface area (Å²) in [5.74, 6) is 0.0366. The second-order valence-corrected chi connectivity index (χ2v) is 10.5. The molecule has 1 fully saturated rings. The molecule has 0 saturated carbocycles. The van der Waals surface area contributed by atoms with Crippen molar-refractivity contribution < 1.29 is 9.90 Å². The molecule has 10 heteroatoms. The average molecular weight is 538 g/mol. The van der Waals surface area contributed by atoms with Gasteiger partial charge in [-0.15, -0.1) is 0 Å². The van der Waals surface area contributed by atoms with Crippen molar-refractivity contribution in [2.45, 2.75) is 44.4 Å². The Morgan fingerprint density at radius 1 is 1.00 bits per heavy atom. The number of piperidine rings is 1. The molecule has 1 aliphatic rings. The van der Waals surface area contributed by atoms with Gasteiger partial charge in [0.05, 0.1) is 30.1 Å². The number of carbonyl (C=O) groups excluding carboxylic acids is 1. The van der Waals surface area contributed by atoms with E-state index >= 15 is 0 Å². The molecule has 0 unspecified atom stereocenters. The van der Waals surface area contributed by atoms with Gasteiger partial charge >= 0.3 is 0 Å². The number of carbonyl (C=O) groups is 1. The van der Waals surface area contributed by atoms with Gasteiger partial charge in [0.25, 0.3) is 5.56 Å². The summed E-state index contributed by atoms with van der Waals surface area (Å²) in [6, 6.07) is 19.8. The Balaban J connectivity index is 1.13. The SMILES string of the molecule is C[C@@H](CC(=O)N1CCC(O)(Cn2cnc3c(cnn3-c3ccc(-c4ccccc4)cc3)c2=O)CC1)n1cccn1. The van der Waals surface area contributed by atoms with Crippen LogP contribution >= 0.6 is 0 Å². The highest BCUT2D eigenvalue weighted by Crippen LogP contribution is 2.26. The molecule has 0 aliphatic carbocycles. The van der Waals surface area contributed by atoms with E-state index in [1.807, 2.05) is 61.7 Å². The minimum Gasteiger partial charge on any atom is -0.388 e. The Morgan fingerprint density at radius 3 is 2.42 bits per heavy atom. The molecule has 1 saturated heterocycles. The molecule has 0 spiro atoms. The van der Waals surface area contributed by atoms with Crippen molar-refractivity contribution in [1.29, 1.82) is 0 Å². The lowest BCUT2D eigenvalue weighted by Gasteiger charge is -2.38. The van der Waals surface area contributed by atoms with Crippen LogP contribution < -0.4 is 5.56 Å². The molecule has 40 heavy (non-hydrogen) atoms. The highest BCUT2D eigenvalue weighted by molar-refractivity contribution is 5.77. The van der Waals surface area contributed by atoms with Crippen molar-refractivity contribution >= 4 is 16.9 Å². The van der Waals surface area contributed by atoms with Crippen LogP contribution in [-0.4, -0.2) is 63.7 Å². The van der Waals surface area contributed by atoms with Crippen molar-refractivity contribution in [2.75, 3.05) is 13.1 Å². The fourth-order valence-electron chi connectivity index (χ4n) is 5.34. The molecule has 1 aliphatic heterocycles. The highest BCUT2D eigenvalue weighted by atomic mass is 16.3. The van der Waals surface area contributed by atoms with E-state index in [0.29, 0.717) is 43.4 Å². The Kier molecular flexibility index (Phi) is 6.77. The molecule has 204 valence electrons. The largest absolute Gasteiger partial charge is 0.388 e. The number of fused-ring (bicyclic) bond motifs is 1. The van der Waals surface area contributed by atoms with Crippen LogP contribution in [0.25, 0.3) is 27.8 Å². The maximum absolute atomic E-state index is 13.3. The average Bonchev–Trinajstić information content (AvgIpc) is 3.67. The molecule has 2 aromatic carbocycles. The first kappa shape index (κ1) is 25.7. The van der Waals surface area contributed by atoms with E-state index in [4.69, 9.17) is 0 Å². The smallest absolute Gasteiger partial charge is 0.264 e. The summed E-state index contributed by atoms with van der Waals surface area (Å²) in [5.41, 5.74) is 2.12. The van der Waals surface area contributed by atoms with Crippen molar-refractivity contribution in [3.8, 4) is 16.8 Å². The van der Waals surface area contributed by atoms with Gasteiger partial charge in [0.1, 0.15) is 11.7 Å². The minimum absolute atomic E-state index is 0.0366. The van der Waals surface area contributed by atoms with E-state index in [9.17, 15) is 14.7 Å². The van der Waals surface area contributed by atoms with Gasteiger partial charge in [-0.05, 0) is 49.1 Å². The second kappa shape index (κ2) is 10.5. The van der Waals surface area contributed by atoms with Gasteiger partial charge < -0.3 is 10.0 Å². The lowest BCUT2D eigenvalue weighted by Crippen LogP contribution is -2.49. The van der Waals surface area contributed by atoms with Crippen molar-refractivity contribution in [3.63, 3.8) is 0 Å². The summed E-state index contributed by atoms with van der Waals surface area (Å²) in [4.78, 5) is 32.5. The molecule has 6 rings (SSSR count). The van der Waals surface area contributed by atoms with Crippen LogP contribution in [0.15, 0.2) is 90.4 Å². The number of benzene rings is 2. The number of nitrogens with zero attached hydrogens (tertiary/aromatic N) is 7. The Morgan fingerprint density at radius 2 is 1.73 bits per heavy atom. The molecular weight excluding hydrogens is 506 g/mol. The van der Waals surface area contributed by atoms with Gasteiger partial charge in [-0.25, -0.2) is 9.67 Å². The fourth-order valence-corrected chi connectivity index (χ4v) is 5.34. The van der Waals surface area contributed by atoms with Crippen LogP contribution in [0.2, 0.25) is 0 Å². The molecule has 3 aromatic heterocycles. The third-order valence-corrected chi connectivity index (χ3v) is 7.73. The quantitative estimate of drug-likeness (QED) is 0.341. The lowest BCUT2D eigenvalue weighted by molar-refractivity contribution is -0.136. The summed E-state index contributed by atoms with van der Waals surface area (Å²) in [6.45, 7) is 2.94. The van der Waals surface area contributed by atoms with Crippen LogP contribution in [0.4, 0.5) is 0 Å². The van der Waals surface area contributed by atoms with E-state index in [1.54, 1.807) is 20.5 Å². The summed E-state index contributed by atoms with van der Waals surface area (Å²) in [5, 5.41) is 20.3. The van der Waals surface area contributed by atoms with E-state index in [-0.39, 0.29) is 24.1 Å². The summed E-state index contributed by atoms with van der Waals surface area (Å²) < 4.78 is 4.87. The molecule has 5 aromatic rings. The van der Waals surface area contributed by atoms with Crippen molar-refractivity contribution in [3.05, 3.63) is 95.9 Å². The molecule has 4 heterocycles. The van der Waals surface area contributed by atoms with Crippen LogP contribution in [-0.2, 0) is 11.3 Å². The fraction of sp³-hybridized carbons (Fsp3) is 0.300. The van der Waals surface area contributed by atoms with Gasteiger partial charge in [0.2, 0.25) is 5.91 Å². The van der Waals surface area contributed by atoms with Gasteiger partial charge in [-0.2, -0.15) is 10.2 Å².